The van der Waals surface area contributed by atoms with E-state index in [0.717, 1.165) is 32.2 Å². The third-order valence-electron chi connectivity index (χ3n) is 5.73. The number of anilines is 2. The predicted molar refractivity (Wildman–Crippen MR) is 120 cm³/mol. The Hall–Kier alpha value is -2.09. The van der Waals surface area contributed by atoms with Crippen molar-refractivity contribution >= 4 is 22.9 Å². The van der Waals surface area contributed by atoms with Gasteiger partial charge >= 0.3 is 5.69 Å². The number of aromatic amines is 1. The van der Waals surface area contributed by atoms with Crippen molar-refractivity contribution in [2.24, 2.45) is 0 Å². The van der Waals surface area contributed by atoms with E-state index in [-0.39, 0.29) is 5.69 Å². The first-order valence-corrected chi connectivity index (χ1v) is 11.4. The van der Waals surface area contributed by atoms with Crippen LogP contribution in [-0.2, 0) is 6.54 Å². The Labute approximate surface area is 173 Å². The van der Waals surface area contributed by atoms with Gasteiger partial charge in [0.1, 0.15) is 5.52 Å². The number of nitrogens with zero attached hydrogens (tertiary/aromatic N) is 4. The molecule has 0 aliphatic carbocycles. The average molecular weight is 404 g/mol. The van der Waals surface area contributed by atoms with E-state index >= 15 is 0 Å². The van der Waals surface area contributed by atoms with Crippen LogP contribution in [0, 0.1) is 0 Å². The molecule has 0 bridgehead atoms. The number of likely N-dealkylation sites (tertiary alicyclic amines) is 1. The number of hydrogen-bond donors (Lipinski definition) is 3. The fourth-order valence-corrected chi connectivity index (χ4v) is 4.02. The maximum atomic E-state index is 12.5. The third kappa shape index (κ3) is 5.95. The Bertz CT molecular complexity index is 805. The quantitative estimate of drug-likeness (QED) is 0.498. The molecule has 3 rings (SSSR count). The number of aryl methyl sites for hydroxylation is 1. The summed E-state index contributed by atoms with van der Waals surface area (Å²) >= 11 is 0. The van der Waals surface area contributed by atoms with Gasteiger partial charge in [0, 0.05) is 20.1 Å². The van der Waals surface area contributed by atoms with Crippen LogP contribution in [0.2, 0.25) is 0 Å². The lowest BCUT2D eigenvalue weighted by atomic mass is 10.2. The third-order valence-corrected chi connectivity index (χ3v) is 5.73. The number of fused-ring (bicyclic) bond motifs is 1. The molecule has 29 heavy (non-hydrogen) atoms. The minimum atomic E-state index is -0.107. The predicted octanol–water partition coefficient (Wildman–Crippen LogP) is 3.42. The smallest absolute Gasteiger partial charge is 0.327 e. The molecule has 0 spiro atoms. The second-order valence-electron chi connectivity index (χ2n) is 8.02. The van der Waals surface area contributed by atoms with E-state index < -0.39 is 0 Å². The second kappa shape index (κ2) is 11.2. The van der Waals surface area contributed by atoms with Crippen LogP contribution >= 0.6 is 0 Å². The summed E-state index contributed by atoms with van der Waals surface area (Å²) in [4.78, 5) is 27.2. The molecule has 3 heterocycles. The lowest BCUT2D eigenvalue weighted by molar-refractivity contribution is 0.277. The topological polar surface area (TPSA) is 90.9 Å². The summed E-state index contributed by atoms with van der Waals surface area (Å²) in [6.45, 7) is 7.35. The number of hydrogen-bond acceptors (Lipinski definition) is 6. The summed E-state index contributed by atoms with van der Waals surface area (Å²) in [6.07, 6.45) is 10.9. The van der Waals surface area contributed by atoms with E-state index in [0.29, 0.717) is 29.5 Å². The van der Waals surface area contributed by atoms with Crippen molar-refractivity contribution in [3.05, 3.63) is 10.5 Å². The molecular formula is C21H37N7O. The number of rotatable bonds is 11. The number of unbranched alkanes of at least 4 members (excludes halogenated alkanes) is 3. The fourth-order valence-electron chi connectivity index (χ4n) is 4.02. The van der Waals surface area contributed by atoms with E-state index in [2.05, 4.69) is 37.4 Å². The lowest BCUT2D eigenvalue weighted by Crippen LogP contribution is -2.25. The molecule has 0 unspecified atom stereocenters. The van der Waals surface area contributed by atoms with Crippen molar-refractivity contribution in [2.75, 3.05) is 43.9 Å². The van der Waals surface area contributed by atoms with Crippen molar-refractivity contribution in [1.29, 1.82) is 0 Å². The van der Waals surface area contributed by atoms with Crippen molar-refractivity contribution in [2.45, 2.75) is 71.3 Å². The van der Waals surface area contributed by atoms with Crippen molar-refractivity contribution in [3.63, 3.8) is 0 Å². The molecule has 0 amide bonds. The van der Waals surface area contributed by atoms with E-state index in [9.17, 15) is 4.79 Å². The van der Waals surface area contributed by atoms with Crippen LogP contribution in [-0.4, -0.2) is 57.6 Å². The zero-order valence-electron chi connectivity index (χ0n) is 18.1. The Morgan fingerprint density at radius 1 is 1.00 bits per heavy atom. The van der Waals surface area contributed by atoms with Crippen LogP contribution in [0.4, 0.5) is 11.8 Å². The molecule has 8 nitrogen and oxygen atoms in total. The van der Waals surface area contributed by atoms with Gasteiger partial charge in [-0.1, -0.05) is 32.6 Å². The first kappa shape index (κ1) is 21.6. The van der Waals surface area contributed by atoms with Gasteiger partial charge in [0.25, 0.3) is 0 Å². The maximum absolute atomic E-state index is 12.5. The Morgan fingerprint density at radius 3 is 2.48 bits per heavy atom. The van der Waals surface area contributed by atoms with Crippen LogP contribution in [0.3, 0.4) is 0 Å². The van der Waals surface area contributed by atoms with Crippen LogP contribution in [0.1, 0.15) is 64.7 Å². The summed E-state index contributed by atoms with van der Waals surface area (Å²) in [5.41, 5.74) is 1.26. The van der Waals surface area contributed by atoms with Crippen LogP contribution in [0.5, 0.6) is 0 Å². The molecule has 2 aromatic rings. The summed E-state index contributed by atoms with van der Waals surface area (Å²) in [5, 5.41) is 6.35. The van der Waals surface area contributed by atoms with Gasteiger partial charge in [-0.3, -0.25) is 4.57 Å². The Balaban J connectivity index is 1.59. The van der Waals surface area contributed by atoms with Crippen LogP contribution in [0.25, 0.3) is 11.2 Å². The first-order chi connectivity index (χ1) is 14.2. The van der Waals surface area contributed by atoms with Gasteiger partial charge in [0.05, 0.1) is 0 Å². The minimum Gasteiger partial charge on any atom is -0.371 e. The van der Waals surface area contributed by atoms with Crippen molar-refractivity contribution < 1.29 is 0 Å². The van der Waals surface area contributed by atoms with Crippen molar-refractivity contribution in [1.82, 2.24) is 24.4 Å². The molecule has 1 fully saturated rings. The molecule has 1 aliphatic rings. The van der Waals surface area contributed by atoms with E-state index in [1.807, 2.05) is 7.05 Å². The standard InChI is InChI=1S/C21H37N7O/c1-3-4-12-23-20-25-18(22-2)17-19(26-20)28(21(29)24-17)16-11-7-10-15-27-13-8-5-6-9-14-27/h3-16H2,1-2H3,(H,24,29)(H2,22,23,25,26). The summed E-state index contributed by atoms with van der Waals surface area (Å²) in [6, 6.07) is 0. The largest absolute Gasteiger partial charge is 0.371 e. The summed E-state index contributed by atoms with van der Waals surface area (Å²) < 4.78 is 1.76. The summed E-state index contributed by atoms with van der Waals surface area (Å²) in [5.74, 6) is 1.23. The van der Waals surface area contributed by atoms with E-state index in [4.69, 9.17) is 0 Å². The van der Waals surface area contributed by atoms with Crippen molar-refractivity contribution in [3.8, 4) is 0 Å². The highest BCUT2D eigenvalue weighted by Crippen LogP contribution is 2.19. The molecule has 162 valence electrons. The summed E-state index contributed by atoms with van der Waals surface area (Å²) in [7, 11) is 1.82. The molecule has 1 aliphatic heterocycles. The van der Waals surface area contributed by atoms with Gasteiger partial charge in [0.2, 0.25) is 5.95 Å². The molecule has 8 heteroatoms. The van der Waals surface area contributed by atoms with Crippen LogP contribution < -0.4 is 16.3 Å². The highest BCUT2D eigenvalue weighted by Gasteiger charge is 2.15. The van der Waals surface area contributed by atoms with E-state index in [1.54, 1.807) is 4.57 Å². The van der Waals surface area contributed by atoms with Crippen LogP contribution in [0.15, 0.2) is 4.79 Å². The normalized spacial score (nSPS) is 15.5. The SMILES string of the molecule is CCCCNc1nc(NC)c2[nH]c(=O)n(CCCCCN3CCCCCC3)c2n1. The molecule has 3 N–H and O–H groups in total. The highest BCUT2D eigenvalue weighted by atomic mass is 16.1. The van der Waals surface area contributed by atoms with E-state index in [1.165, 1.54) is 51.7 Å². The number of imidazole rings is 1. The number of aromatic nitrogens is 4. The molecule has 0 aromatic carbocycles. The zero-order chi connectivity index (χ0) is 20.5. The van der Waals surface area contributed by atoms with Gasteiger partial charge in [-0.15, -0.1) is 0 Å². The number of H-pyrrole nitrogens is 1. The average Bonchev–Trinajstić information content (AvgIpc) is 2.88. The molecule has 0 atom stereocenters. The molecule has 0 radical (unpaired) electrons. The zero-order valence-corrected chi connectivity index (χ0v) is 18.1. The highest BCUT2D eigenvalue weighted by molar-refractivity contribution is 5.84. The Morgan fingerprint density at radius 2 is 1.76 bits per heavy atom. The molecule has 0 saturated carbocycles. The van der Waals surface area contributed by atoms with Gasteiger partial charge in [-0.2, -0.15) is 9.97 Å². The maximum Gasteiger partial charge on any atom is 0.327 e. The monoisotopic (exact) mass is 403 g/mol. The first-order valence-electron chi connectivity index (χ1n) is 11.4. The minimum absolute atomic E-state index is 0.107. The molecular weight excluding hydrogens is 366 g/mol. The van der Waals surface area contributed by atoms with Gasteiger partial charge in [0.15, 0.2) is 11.5 Å². The lowest BCUT2D eigenvalue weighted by Gasteiger charge is -2.19. The number of nitrogens with one attached hydrogen (secondary N) is 3. The molecule has 1 saturated heterocycles. The second-order valence-corrected chi connectivity index (χ2v) is 8.02. The Kier molecular flexibility index (Phi) is 8.34. The molecule has 2 aromatic heterocycles. The fraction of sp³-hybridized carbons (Fsp3) is 0.762. The van der Waals surface area contributed by atoms with Gasteiger partial charge in [-0.05, 0) is 51.7 Å². The van der Waals surface area contributed by atoms with Gasteiger partial charge in [-0.25, -0.2) is 4.79 Å². The van der Waals surface area contributed by atoms with Gasteiger partial charge < -0.3 is 20.5 Å².